The van der Waals surface area contributed by atoms with Crippen LogP contribution < -0.4 is 11.1 Å². The van der Waals surface area contributed by atoms with Crippen LogP contribution in [0.15, 0.2) is 18.2 Å². The predicted molar refractivity (Wildman–Crippen MR) is 80.5 cm³/mol. The molecule has 0 atom stereocenters. The molecule has 1 saturated carbocycles. The van der Waals surface area contributed by atoms with Gasteiger partial charge in [-0.25, -0.2) is 0 Å². The highest BCUT2D eigenvalue weighted by molar-refractivity contribution is 6.00. The molecule has 2 rings (SSSR count). The van der Waals surface area contributed by atoms with E-state index in [1.54, 1.807) is 6.92 Å². The summed E-state index contributed by atoms with van der Waals surface area (Å²) in [6.45, 7) is 6.22. The lowest BCUT2D eigenvalue weighted by Gasteiger charge is -2.35. The van der Waals surface area contributed by atoms with Crippen molar-refractivity contribution < 1.29 is 4.79 Å². The third-order valence-electron chi connectivity index (χ3n) is 4.14. The van der Waals surface area contributed by atoms with Gasteiger partial charge < -0.3 is 11.1 Å². The largest absolute Gasteiger partial charge is 0.398 e. The first-order valence-corrected chi connectivity index (χ1v) is 7.04. The van der Waals surface area contributed by atoms with Gasteiger partial charge in [0.25, 0.3) is 0 Å². The molecule has 3 nitrogen and oxygen atoms in total. The lowest BCUT2D eigenvalue weighted by molar-refractivity contribution is 0.101. The van der Waals surface area contributed by atoms with Gasteiger partial charge in [-0.1, -0.05) is 13.8 Å². The third kappa shape index (κ3) is 3.49. The highest BCUT2D eigenvalue weighted by Gasteiger charge is 2.26. The van der Waals surface area contributed by atoms with Crippen molar-refractivity contribution in [1.82, 2.24) is 0 Å². The van der Waals surface area contributed by atoms with E-state index in [9.17, 15) is 4.79 Å². The second-order valence-corrected chi connectivity index (χ2v) is 6.44. The van der Waals surface area contributed by atoms with Crippen molar-refractivity contribution in [2.45, 2.75) is 52.5 Å². The number of nitrogens with one attached hydrogen (secondary N) is 1. The minimum atomic E-state index is 0.0194. The zero-order chi connectivity index (χ0) is 14.0. The fourth-order valence-corrected chi connectivity index (χ4v) is 2.73. The first kappa shape index (κ1) is 13.9. The van der Waals surface area contributed by atoms with Gasteiger partial charge in [0.1, 0.15) is 0 Å². The van der Waals surface area contributed by atoms with Gasteiger partial charge in [-0.2, -0.15) is 0 Å². The molecule has 0 saturated heterocycles. The lowest BCUT2D eigenvalue weighted by atomic mass is 9.75. The average Bonchev–Trinajstić information content (AvgIpc) is 2.34. The molecule has 1 fully saturated rings. The number of benzene rings is 1. The standard InChI is InChI=1S/C16H24N2O/c1-11(19)14-10-13(4-5-15(14)17)18-12-6-8-16(2,3)9-7-12/h4-5,10,12,18H,6-9,17H2,1-3H3. The average molecular weight is 260 g/mol. The first-order chi connectivity index (χ1) is 8.87. The minimum absolute atomic E-state index is 0.0194. The molecule has 0 unspecified atom stereocenters. The SMILES string of the molecule is CC(=O)c1cc(NC2CCC(C)(C)CC2)ccc1N. The van der Waals surface area contributed by atoms with Crippen LogP contribution in [0, 0.1) is 5.41 Å². The molecule has 1 aliphatic carbocycles. The third-order valence-corrected chi connectivity index (χ3v) is 4.14. The number of hydrogen-bond acceptors (Lipinski definition) is 3. The second-order valence-electron chi connectivity index (χ2n) is 6.44. The topological polar surface area (TPSA) is 55.1 Å². The molecule has 3 heteroatoms. The predicted octanol–water partition coefficient (Wildman–Crippen LogP) is 3.85. The molecular weight excluding hydrogens is 236 g/mol. The molecule has 0 radical (unpaired) electrons. The molecule has 1 aromatic carbocycles. The van der Waals surface area contributed by atoms with Crippen molar-refractivity contribution in [2.75, 3.05) is 11.1 Å². The maximum absolute atomic E-state index is 11.5. The summed E-state index contributed by atoms with van der Waals surface area (Å²) in [5, 5.41) is 3.53. The summed E-state index contributed by atoms with van der Waals surface area (Å²) >= 11 is 0. The van der Waals surface area contributed by atoms with Crippen LogP contribution in [-0.2, 0) is 0 Å². The molecular formula is C16H24N2O. The van der Waals surface area contributed by atoms with E-state index in [1.807, 2.05) is 18.2 Å². The van der Waals surface area contributed by atoms with Crippen LogP contribution in [-0.4, -0.2) is 11.8 Å². The van der Waals surface area contributed by atoms with Crippen LogP contribution in [0.3, 0.4) is 0 Å². The van der Waals surface area contributed by atoms with Gasteiger partial charge in [-0.05, 0) is 56.2 Å². The molecule has 0 heterocycles. The Balaban J connectivity index is 2.04. The number of carbonyl (C=O) groups is 1. The number of carbonyl (C=O) groups excluding carboxylic acids is 1. The number of nitrogens with two attached hydrogens (primary N) is 1. The van der Waals surface area contributed by atoms with Crippen LogP contribution in [0.4, 0.5) is 11.4 Å². The van der Waals surface area contributed by atoms with Gasteiger partial charge in [0, 0.05) is 23.0 Å². The number of hydrogen-bond donors (Lipinski definition) is 2. The molecule has 0 aliphatic heterocycles. The summed E-state index contributed by atoms with van der Waals surface area (Å²) in [6.07, 6.45) is 4.87. The van der Waals surface area contributed by atoms with Crippen molar-refractivity contribution in [2.24, 2.45) is 5.41 Å². The Kier molecular flexibility index (Phi) is 3.83. The summed E-state index contributed by atoms with van der Waals surface area (Å²) in [4.78, 5) is 11.5. The molecule has 19 heavy (non-hydrogen) atoms. The normalized spacial score (nSPS) is 19.1. The van der Waals surface area contributed by atoms with Crippen molar-refractivity contribution >= 4 is 17.2 Å². The summed E-state index contributed by atoms with van der Waals surface area (Å²) in [5.41, 5.74) is 8.46. The van der Waals surface area contributed by atoms with Crippen molar-refractivity contribution in [3.8, 4) is 0 Å². The van der Waals surface area contributed by atoms with Crippen molar-refractivity contribution in [3.05, 3.63) is 23.8 Å². The smallest absolute Gasteiger partial charge is 0.161 e. The van der Waals surface area contributed by atoms with E-state index in [4.69, 9.17) is 5.73 Å². The zero-order valence-electron chi connectivity index (χ0n) is 12.1. The molecule has 0 bridgehead atoms. The quantitative estimate of drug-likeness (QED) is 0.641. The summed E-state index contributed by atoms with van der Waals surface area (Å²) < 4.78 is 0. The number of Topliss-reactive ketones (excluding diaryl/α,β-unsaturated/α-hetero) is 1. The molecule has 1 aromatic rings. The molecule has 1 aliphatic rings. The Labute approximate surface area is 115 Å². The van der Waals surface area contributed by atoms with Crippen molar-refractivity contribution in [3.63, 3.8) is 0 Å². The van der Waals surface area contributed by atoms with Gasteiger partial charge in [0.2, 0.25) is 0 Å². The summed E-state index contributed by atoms with van der Waals surface area (Å²) in [7, 11) is 0. The van der Waals surface area contributed by atoms with E-state index in [2.05, 4.69) is 19.2 Å². The maximum atomic E-state index is 11.5. The Morgan fingerprint density at radius 3 is 2.53 bits per heavy atom. The van der Waals surface area contributed by atoms with E-state index < -0.39 is 0 Å². The van der Waals surface area contributed by atoms with Gasteiger partial charge >= 0.3 is 0 Å². The number of anilines is 2. The zero-order valence-corrected chi connectivity index (χ0v) is 12.1. The first-order valence-electron chi connectivity index (χ1n) is 7.04. The summed E-state index contributed by atoms with van der Waals surface area (Å²) in [6, 6.07) is 6.15. The van der Waals surface area contributed by atoms with Crippen LogP contribution >= 0.6 is 0 Å². The monoisotopic (exact) mass is 260 g/mol. The number of ketones is 1. The number of rotatable bonds is 3. The Hall–Kier alpha value is -1.51. The van der Waals surface area contributed by atoms with Crippen LogP contribution in [0.5, 0.6) is 0 Å². The van der Waals surface area contributed by atoms with Gasteiger partial charge in [-0.15, -0.1) is 0 Å². The van der Waals surface area contributed by atoms with Crippen molar-refractivity contribution in [1.29, 1.82) is 0 Å². The van der Waals surface area contributed by atoms with Crippen LogP contribution in [0.2, 0.25) is 0 Å². The van der Waals surface area contributed by atoms with Gasteiger partial charge in [0.15, 0.2) is 5.78 Å². The van der Waals surface area contributed by atoms with E-state index in [0.29, 0.717) is 22.7 Å². The Morgan fingerprint density at radius 1 is 1.32 bits per heavy atom. The van der Waals surface area contributed by atoms with E-state index in [-0.39, 0.29) is 5.78 Å². The molecule has 104 valence electrons. The van der Waals surface area contributed by atoms with E-state index in [1.165, 1.54) is 25.7 Å². The minimum Gasteiger partial charge on any atom is -0.398 e. The Morgan fingerprint density at radius 2 is 1.95 bits per heavy atom. The summed E-state index contributed by atoms with van der Waals surface area (Å²) in [5.74, 6) is 0.0194. The highest BCUT2D eigenvalue weighted by atomic mass is 16.1. The fraction of sp³-hybridized carbons (Fsp3) is 0.562. The highest BCUT2D eigenvalue weighted by Crippen LogP contribution is 2.36. The maximum Gasteiger partial charge on any atom is 0.161 e. The fourth-order valence-electron chi connectivity index (χ4n) is 2.73. The lowest BCUT2D eigenvalue weighted by Crippen LogP contribution is -2.29. The molecule has 3 N–H and O–H groups in total. The number of nitrogen functional groups attached to an aromatic ring is 1. The molecule has 0 amide bonds. The van der Waals surface area contributed by atoms with Gasteiger partial charge in [-0.3, -0.25) is 4.79 Å². The molecule has 0 spiro atoms. The second kappa shape index (κ2) is 5.24. The Bertz CT molecular complexity index is 470. The molecule has 0 aromatic heterocycles. The van der Waals surface area contributed by atoms with Gasteiger partial charge in [0.05, 0.1) is 0 Å². The van der Waals surface area contributed by atoms with Crippen LogP contribution in [0.25, 0.3) is 0 Å². The van der Waals surface area contributed by atoms with Crippen LogP contribution in [0.1, 0.15) is 56.8 Å². The van der Waals surface area contributed by atoms with E-state index >= 15 is 0 Å². The van der Waals surface area contributed by atoms with E-state index in [0.717, 1.165) is 5.69 Å².